The molecular weight excluding hydrogens is 301 g/mol. The van der Waals surface area contributed by atoms with Crippen LogP contribution in [-0.4, -0.2) is 70.2 Å². The minimum absolute atomic E-state index is 0.0220. The molecule has 7 nitrogen and oxygen atoms in total. The van der Waals surface area contributed by atoms with E-state index in [1.165, 1.54) is 0 Å². The zero-order valence-electron chi connectivity index (χ0n) is 12.4. The Labute approximate surface area is 125 Å². The minimum Gasteiger partial charge on any atom is -0.347 e. The van der Waals surface area contributed by atoms with Gasteiger partial charge in [0.15, 0.2) is 0 Å². The predicted molar refractivity (Wildman–Crippen MR) is 71.8 cm³/mol. The van der Waals surface area contributed by atoms with E-state index in [4.69, 9.17) is 0 Å². The van der Waals surface area contributed by atoms with Crippen LogP contribution in [0.5, 0.6) is 0 Å². The number of nitrogens with one attached hydrogen (secondary N) is 2. The van der Waals surface area contributed by atoms with E-state index in [1.54, 1.807) is 6.92 Å². The van der Waals surface area contributed by atoms with E-state index in [0.29, 0.717) is 0 Å². The summed E-state index contributed by atoms with van der Waals surface area (Å²) in [6.45, 7) is 5.00. The molecule has 0 radical (unpaired) electrons. The molecule has 1 aliphatic heterocycles. The summed E-state index contributed by atoms with van der Waals surface area (Å²) in [5.41, 5.74) is 0. The van der Waals surface area contributed by atoms with Crippen LogP contribution in [0.2, 0.25) is 0 Å². The van der Waals surface area contributed by atoms with Crippen LogP contribution < -0.4 is 5.32 Å². The Morgan fingerprint density at radius 2 is 2.00 bits per heavy atom. The Kier molecular flexibility index (Phi) is 5.01. The van der Waals surface area contributed by atoms with Gasteiger partial charge in [0.05, 0.1) is 12.6 Å². The van der Waals surface area contributed by atoms with Crippen molar-refractivity contribution in [2.45, 2.75) is 25.7 Å². The number of carbonyl (C=O) groups is 1. The van der Waals surface area contributed by atoms with Crippen molar-refractivity contribution in [2.24, 2.45) is 0 Å². The molecule has 0 aromatic carbocycles. The third kappa shape index (κ3) is 4.17. The number of alkyl halides is 3. The standard InChI is InChI=1S/C12H19F3N6O/c1-8(21-5-3-20(2)4-6-21)10(22)16-7-9-17-11(19-18-9)12(13,14)15/h8H,3-7H2,1-2H3,(H,16,22)(H,17,18,19). The molecule has 2 rings (SSSR count). The number of carbonyl (C=O) groups excluding carboxylic acids is 1. The van der Waals surface area contributed by atoms with Crippen LogP contribution in [-0.2, 0) is 17.5 Å². The lowest BCUT2D eigenvalue weighted by molar-refractivity contribution is -0.144. The Bertz CT molecular complexity index is 509. The highest BCUT2D eigenvalue weighted by Crippen LogP contribution is 2.25. The van der Waals surface area contributed by atoms with Gasteiger partial charge in [-0.15, -0.1) is 5.10 Å². The van der Waals surface area contributed by atoms with Gasteiger partial charge in [-0.2, -0.15) is 13.2 Å². The van der Waals surface area contributed by atoms with Gasteiger partial charge < -0.3 is 10.2 Å². The molecule has 1 aromatic rings. The molecule has 1 saturated heterocycles. The van der Waals surface area contributed by atoms with Crippen LogP contribution in [0.1, 0.15) is 18.6 Å². The summed E-state index contributed by atoms with van der Waals surface area (Å²) in [6, 6.07) is -0.335. The number of hydrogen-bond acceptors (Lipinski definition) is 5. The number of aromatic nitrogens is 3. The van der Waals surface area contributed by atoms with Gasteiger partial charge in [0.25, 0.3) is 5.82 Å². The lowest BCUT2D eigenvalue weighted by atomic mass is 10.2. The van der Waals surface area contributed by atoms with E-state index in [9.17, 15) is 18.0 Å². The number of H-pyrrole nitrogens is 1. The number of nitrogens with zero attached hydrogens (tertiary/aromatic N) is 4. The first-order valence-electron chi connectivity index (χ1n) is 6.96. The lowest BCUT2D eigenvalue weighted by Gasteiger charge is -2.35. The summed E-state index contributed by atoms with van der Waals surface area (Å²) in [6.07, 6.45) is -4.59. The molecular formula is C12H19F3N6O. The van der Waals surface area contributed by atoms with Gasteiger partial charge in [-0.1, -0.05) is 0 Å². The fourth-order valence-corrected chi connectivity index (χ4v) is 2.19. The first-order chi connectivity index (χ1) is 10.3. The molecule has 2 heterocycles. The molecule has 2 N–H and O–H groups in total. The maximum atomic E-state index is 12.4. The lowest BCUT2D eigenvalue weighted by Crippen LogP contribution is -2.52. The average Bonchev–Trinajstić information content (AvgIpc) is 2.94. The predicted octanol–water partition coefficient (Wildman–Crippen LogP) is 0.0756. The van der Waals surface area contributed by atoms with Crippen molar-refractivity contribution in [3.63, 3.8) is 0 Å². The molecule has 1 amide bonds. The van der Waals surface area contributed by atoms with E-state index in [1.807, 2.05) is 11.9 Å². The number of piperazine rings is 1. The molecule has 0 aliphatic carbocycles. The average molecular weight is 320 g/mol. The quantitative estimate of drug-likeness (QED) is 0.821. The van der Waals surface area contributed by atoms with Gasteiger partial charge in [0.1, 0.15) is 5.82 Å². The summed E-state index contributed by atoms with van der Waals surface area (Å²) in [5, 5.41) is 7.83. The van der Waals surface area contributed by atoms with E-state index < -0.39 is 12.0 Å². The van der Waals surface area contributed by atoms with Gasteiger partial charge in [0.2, 0.25) is 5.91 Å². The summed E-state index contributed by atoms with van der Waals surface area (Å²) < 4.78 is 37.1. The number of aromatic amines is 1. The first kappa shape index (κ1) is 16.7. The molecule has 124 valence electrons. The second-order valence-corrected chi connectivity index (χ2v) is 5.34. The van der Waals surface area contributed by atoms with E-state index in [-0.39, 0.29) is 24.3 Å². The summed E-state index contributed by atoms with van der Waals surface area (Å²) >= 11 is 0. The fourth-order valence-electron chi connectivity index (χ4n) is 2.19. The summed E-state index contributed by atoms with van der Waals surface area (Å²) in [4.78, 5) is 19.6. The molecule has 1 aliphatic rings. The van der Waals surface area contributed by atoms with Gasteiger partial charge in [-0.25, -0.2) is 4.98 Å². The maximum Gasteiger partial charge on any atom is 0.453 e. The molecule has 0 bridgehead atoms. The highest BCUT2D eigenvalue weighted by Gasteiger charge is 2.36. The Morgan fingerprint density at radius 3 is 2.55 bits per heavy atom. The van der Waals surface area contributed by atoms with Gasteiger partial charge in [-0.3, -0.25) is 14.8 Å². The number of hydrogen-bond donors (Lipinski definition) is 2. The van der Waals surface area contributed by atoms with Crippen LogP contribution in [0.25, 0.3) is 0 Å². The number of likely N-dealkylation sites (N-methyl/N-ethyl adjacent to an activating group) is 1. The Balaban J connectivity index is 1.83. The van der Waals surface area contributed by atoms with Crippen LogP contribution in [0.15, 0.2) is 0 Å². The van der Waals surface area contributed by atoms with Crippen molar-refractivity contribution in [2.75, 3.05) is 33.2 Å². The van der Waals surface area contributed by atoms with Gasteiger partial charge in [-0.05, 0) is 14.0 Å². The van der Waals surface area contributed by atoms with E-state index >= 15 is 0 Å². The smallest absolute Gasteiger partial charge is 0.347 e. The maximum absolute atomic E-state index is 12.4. The number of halogens is 3. The zero-order valence-corrected chi connectivity index (χ0v) is 12.4. The van der Waals surface area contributed by atoms with Gasteiger partial charge >= 0.3 is 6.18 Å². The molecule has 10 heteroatoms. The molecule has 0 spiro atoms. The largest absolute Gasteiger partial charge is 0.453 e. The third-order valence-corrected chi connectivity index (χ3v) is 3.68. The number of amides is 1. The zero-order chi connectivity index (χ0) is 16.3. The topological polar surface area (TPSA) is 77.1 Å². The first-order valence-corrected chi connectivity index (χ1v) is 6.96. The van der Waals surface area contributed by atoms with E-state index in [0.717, 1.165) is 26.2 Å². The van der Waals surface area contributed by atoms with Crippen molar-refractivity contribution in [1.29, 1.82) is 0 Å². The molecule has 0 saturated carbocycles. The Morgan fingerprint density at radius 1 is 1.36 bits per heavy atom. The molecule has 1 atom stereocenters. The van der Waals surface area contributed by atoms with E-state index in [2.05, 4.69) is 25.4 Å². The second-order valence-electron chi connectivity index (χ2n) is 5.34. The van der Waals surface area contributed by atoms with Crippen molar-refractivity contribution in [3.05, 3.63) is 11.6 Å². The highest BCUT2D eigenvalue weighted by atomic mass is 19.4. The van der Waals surface area contributed by atoms with Crippen molar-refractivity contribution in [1.82, 2.24) is 30.3 Å². The van der Waals surface area contributed by atoms with Crippen molar-refractivity contribution < 1.29 is 18.0 Å². The van der Waals surface area contributed by atoms with Crippen LogP contribution >= 0.6 is 0 Å². The second kappa shape index (κ2) is 6.61. The normalized spacial score (nSPS) is 19.1. The monoisotopic (exact) mass is 320 g/mol. The van der Waals surface area contributed by atoms with Crippen LogP contribution in [0.3, 0.4) is 0 Å². The third-order valence-electron chi connectivity index (χ3n) is 3.68. The number of rotatable bonds is 4. The fraction of sp³-hybridized carbons (Fsp3) is 0.750. The van der Waals surface area contributed by atoms with Crippen molar-refractivity contribution >= 4 is 5.91 Å². The highest BCUT2D eigenvalue weighted by molar-refractivity contribution is 5.81. The Hall–Kier alpha value is -1.68. The minimum atomic E-state index is -4.59. The summed E-state index contributed by atoms with van der Waals surface area (Å²) in [7, 11) is 2.02. The van der Waals surface area contributed by atoms with Crippen molar-refractivity contribution in [3.8, 4) is 0 Å². The van der Waals surface area contributed by atoms with Gasteiger partial charge in [0, 0.05) is 26.2 Å². The molecule has 1 unspecified atom stereocenters. The van der Waals surface area contributed by atoms with Crippen LogP contribution in [0.4, 0.5) is 13.2 Å². The summed E-state index contributed by atoms with van der Waals surface area (Å²) in [5.74, 6) is -1.50. The molecule has 1 fully saturated rings. The molecule has 22 heavy (non-hydrogen) atoms. The van der Waals surface area contributed by atoms with Crippen LogP contribution in [0, 0.1) is 0 Å². The SMILES string of the molecule is CC(C(=O)NCc1nc(C(F)(F)F)n[nH]1)N1CCN(C)CC1. The molecule has 1 aromatic heterocycles.